The second-order valence-corrected chi connectivity index (χ2v) is 4.93. The van der Waals surface area contributed by atoms with Gasteiger partial charge in [0.2, 0.25) is 12.7 Å². The summed E-state index contributed by atoms with van der Waals surface area (Å²) in [5, 5.41) is 6.12. The number of fused-ring (bicyclic) bond motifs is 1. The molecule has 2 N–H and O–H groups in total. The quantitative estimate of drug-likeness (QED) is 0.747. The molecule has 1 heterocycles. The van der Waals surface area contributed by atoms with Gasteiger partial charge in [0.25, 0.3) is 0 Å². The fraction of sp³-hybridized carbons (Fsp3) is 0.533. The maximum atomic E-state index is 11.8. The normalized spacial score (nSPS) is 14.1. The Bertz CT molecular complexity index is 462. The van der Waals surface area contributed by atoms with Crippen LogP contribution in [-0.4, -0.2) is 25.3 Å². The van der Waals surface area contributed by atoms with Gasteiger partial charge in [-0.25, -0.2) is 0 Å². The van der Waals surface area contributed by atoms with Crippen LogP contribution in [0.4, 0.5) is 0 Å². The van der Waals surface area contributed by atoms with Crippen molar-refractivity contribution in [3.8, 4) is 11.5 Å². The zero-order valence-corrected chi connectivity index (χ0v) is 12.1. The van der Waals surface area contributed by atoms with Crippen molar-refractivity contribution in [1.82, 2.24) is 10.6 Å². The van der Waals surface area contributed by atoms with Gasteiger partial charge in [0.05, 0.1) is 6.04 Å². The van der Waals surface area contributed by atoms with Crippen LogP contribution in [0.25, 0.3) is 0 Å². The number of unbranched alkanes of at least 4 members (excludes halogenated alkanes) is 1. The van der Waals surface area contributed by atoms with Crippen LogP contribution in [0.5, 0.6) is 11.5 Å². The van der Waals surface area contributed by atoms with Crippen LogP contribution in [0.1, 0.15) is 32.3 Å². The molecule has 1 aromatic carbocycles. The van der Waals surface area contributed by atoms with Gasteiger partial charge < -0.3 is 20.1 Å². The Morgan fingerprint density at radius 2 is 2.15 bits per heavy atom. The van der Waals surface area contributed by atoms with Gasteiger partial charge >= 0.3 is 0 Å². The number of carbonyl (C=O) groups is 1. The molecule has 1 atom stereocenters. The van der Waals surface area contributed by atoms with Gasteiger partial charge in [-0.05, 0) is 31.0 Å². The second kappa shape index (κ2) is 7.14. The van der Waals surface area contributed by atoms with Crippen LogP contribution < -0.4 is 20.1 Å². The highest BCUT2D eigenvalue weighted by Crippen LogP contribution is 2.32. The highest BCUT2D eigenvalue weighted by atomic mass is 16.7. The van der Waals surface area contributed by atoms with E-state index in [0.717, 1.165) is 36.4 Å². The summed E-state index contributed by atoms with van der Waals surface area (Å²) in [6.07, 6.45) is 2.10. The molecule has 110 valence electrons. The monoisotopic (exact) mass is 278 g/mol. The molecular weight excluding hydrogens is 256 g/mol. The molecule has 20 heavy (non-hydrogen) atoms. The molecule has 5 heteroatoms. The minimum absolute atomic E-state index is 0.0409. The van der Waals surface area contributed by atoms with Crippen LogP contribution in [0, 0.1) is 0 Å². The van der Waals surface area contributed by atoms with E-state index in [-0.39, 0.29) is 18.7 Å². The summed E-state index contributed by atoms with van der Waals surface area (Å²) >= 11 is 0. The first kappa shape index (κ1) is 14.7. The lowest BCUT2D eigenvalue weighted by atomic mass is 10.2. The van der Waals surface area contributed by atoms with Crippen LogP contribution >= 0.6 is 0 Å². The summed E-state index contributed by atoms with van der Waals surface area (Å²) in [7, 11) is 0. The first-order valence-corrected chi connectivity index (χ1v) is 7.10. The molecule has 0 aromatic heterocycles. The molecule has 0 aliphatic carbocycles. The molecule has 1 amide bonds. The lowest BCUT2D eigenvalue weighted by molar-refractivity contribution is -0.122. The van der Waals surface area contributed by atoms with Gasteiger partial charge in [0.1, 0.15) is 0 Å². The van der Waals surface area contributed by atoms with Gasteiger partial charge in [-0.2, -0.15) is 0 Å². The third-order valence-corrected chi connectivity index (χ3v) is 3.27. The minimum Gasteiger partial charge on any atom is -0.454 e. The van der Waals surface area contributed by atoms with Crippen molar-refractivity contribution in [1.29, 1.82) is 0 Å². The van der Waals surface area contributed by atoms with Crippen molar-refractivity contribution in [2.24, 2.45) is 0 Å². The van der Waals surface area contributed by atoms with Crippen LogP contribution in [-0.2, 0) is 11.3 Å². The molecule has 0 fully saturated rings. The Kier molecular flexibility index (Phi) is 5.24. The van der Waals surface area contributed by atoms with E-state index in [2.05, 4.69) is 17.6 Å². The fourth-order valence-electron chi connectivity index (χ4n) is 1.96. The molecule has 0 bridgehead atoms. The summed E-state index contributed by atoms with van der Waals surface area (Å²) in [6.45, 7) is 5.62. The summed E-state index contributed by atoms with van der Waals surface area (Å²) < 4.78 is 10.6. The van der Waals surface area contributed by atoms with Crippen LogP contribution in [0.2, 0.25) is 0 Å². The predicted molar refractivity (Wildman–Crippen MR) is 76.8 cm³/mol. The third-order valence-electron chi connectivity index (χ3n) is 3.27. The Hall–Kier alpha value is -1.75. The molecular formula is C15H22N2O3. The van der Waals surface area contributed by atoms with Crippen molar-refractivity contribution in [3.63, 3.8) is 0 Å². The molecule has 1 aliphatic heterocycles. The smallest absolute Gasteiger partial charge is 0.236 e. The largest absolute Gasteiger partial charge is 0.454 e. The maximum absolute atomic E-state index is 11.8. The van der Waals surface area contributed by atoms with Crippen molar-refractivity contribution >= 4 is 5.91 Å². The number of rotatable bonds is 7. The van der Waals surface area contributed by atoms with E-state index in [0.29, 0.717) is 6.54 Å². The summed E-state index contributed by atoms with van der Waals surface area (Å²) in [5.41, 5.74) is 1.07. The molecule has 2 rings (SSSR count). The van der Waals surface area contributed by atoms with E-state index in [9.17, 15) is 4.79 Å². The zero-order valence-electron chi connectivity index (χ0n) is 12.1. The highest BCUT2D eigenvalue weighted by molar-refractivity contribution is 5.81. The number of hydrogen-bond acceptors (Lipinski definition) is 4. The minimum atomic E-state index is -0.211. The SMILES string of the molecule is CCCCNC(=O)C(C)NCc1ccc2c(c1)OCO2. The van der Waals surface area contributed by atoms with Crippen molar-refractivity contribution < 1.29 is 14.3 Å². The summed E-state index contributed by atoms with van der Waals surface area (Å²) in [5.74, 6) is 1.59. The first-order chi connectivity index (χ1) is 9.70. The molecule has 0 saturated heterocycles. The average Bonchev–Trinajstić information content (AvgIpc) is 2.92. The van der Waals surface area contributed by atoms with E-state index >= 15 is 0 Å². The highest BCUT2D eigenvalue weighted by Gasteiger charge is 2.15. The van der Waals surface area contributed by atoms with E-state index in [4.69, 9.17) is 9.47 Å². The van der Waals surface area contributed by atoms with Gasteiger partial charge in [-0.15, -0.1) is 0 Å². The molecule has 0 spiro atoms. The molecule has 1 aliphatic rings. The van der Waals surface area contributed by atoms with E-state index in [1.165, 1.54) is 0 Å². The molecule has 1 aromatic rings. The summed E-state index contributed by atoms with van der Waals surface area (Å²) in [6, 6.07) is 5.60. The Morgan fingerprint density at radius 1 is 1.35 bits per heavy atom. The number of ether oxygens (including phenoxy) is 2. The van der Waals surface area contributed by atoms with Crippen LogP contribution in [0.15, 0.2) is 18.2 Å². The van der Waals surface area contributed by atoms with E-state index in [1.807, 2.05) is 25.1 Å². The van der Waals surface area contributed by atoms with Crippen molar-refractivity contribution in [2.75, 3.05) is 13.3 Å². The number of carbonyl (C=O) groups excluding carboxylic acids is 1. The van der Waals surface area contributed by atoms with Gasteiger partial charge in [0.15, 0.2) is 11.5 Å². The fourth-order valence-corrected chi connectivity index (χ4v) is 1.96. The number of hydrogen-bond donors (Lipinski definition) is 2. The molecule has 0 radical (unpaired) electrons. The van der Waals surface area contributed by atoms with Gasteiger partial charge in [-0.3, -0.25) is 4.79 Å². The van der Waals surface area contributed by atoms with Crippen molar-refractivity contribution in [2.45, 2.75) is 39.3 Å². The van der Waals surface area contributed by atoms with Crippen LogP contribution in [0.3, 0.4) is 0 Å². The number of amides is 1. The second-order valence-electron chi connectivity index (χ2n) is 4.93. The predicted octanol–water partition coefficient (Wildman–Crippen LogP) is 1.81. The van der Waals surface area contributed by atoms with Gasteiger partial charge in [0, 0.05) is 13.1 Å². The average molecular weight is 278 g/mol. The maximum Gasteiger partial charge on any atom is 0.236 e. The lowest BCUT2D eigenvalue weighted by Crippen LogP contribution is -2.42. The third kappa shape index (κ3) is 3.87. The molecule has 5 nitrogen and oxygen atoms in total. The van der Waals surface area contributed by atoms with E-state index in [1.54, 1.807) is 0 Å². The Morgan fingerprint density at radius 3 is 2.95 bits per heavy atom. The topological polar surface area (TPSA) is 59.6 Å². The molecule has 0 saturated carbocycles. The summed E-state index contributed by atoms with van der Waals surface area (Å²) in [4.78, 5) is 11.8. The lowest BCUT2D eigenvalue weighted by Gasteiger charge is -2.14. The Labute approximate surface area is 119 Å². The van der Waals surface area contributed by atoms with Gasteiger partial charge in [-0.1, -0.05) is 19.4 Å². The first-order valence-electron chi connectivity index (χ1n) is 7.10. The standard InChI is InChI=1S/C15H22N2O3/c1-3-4-7-16-15(18)11(2)17-9-12-5-6-13-14(8-12)20-10-19-13/h5-6,8,11,17H,3-4,7,9-10H2,1-2H3,(H,16,18). The van der Waals surface area contributed by atoms with Crippen molar-refractivity contribution in [3.05, 3.63) is 23.8 Å². The number of nitrogens with one attached hydrogen (secondary N) is 2. The number of benzene rings is 1. The Balaban J connectivity index is 1.78. The zero-order chi connectivity index (χ0) is 14.4. The van der Waals surface area contributed by atoms with E-state index < -0.39 is 0 Å². The molecule has 1 unspecified atom stereocenters.